The van der Waals surface area contributed by atoms with Gasteiger partial charge < -0.3 is 9.80 Å². The van der Waals surface area contributed by atoms with Crippen molar-refractivity contribution in [1.82, 2.24) is 0 Å². The van der Waals surface area contributed by atoms with Gasteiger partial charge in [0.15, 0.2) is 25.5 Å². The van der Waals surface area contributed by atoms with E-state index in [2.05, 4.69) is 0 Å². The Morgan fingerprint density at radius 3 is 1.38 bits per heavy atom. The summed E-state index contributed by atoms with van der Waals surface area (Å²) in [6, 6.07) is 17.5. The lowest BCUT2D eigenvalue weighted by molar-refractivity contribution is -0.116. The van der Waals surface area contributed by atoms with Crippen molar-refractivity contribution in [3.63, 3.8) is 0 Å². The molecule has 2 aromatic rings. The minimum atomic E-state index is -3.30. The van der Waals surface area contributed by atoms with Crippen LogP contribution in [0.1, 0.15) is 0 Å². The largest absolute Gasteiger partial charge is 0.357 e. The van der Waals surface area contributed by atoms with Gasteiger partial charge in [-0.3, -0.25) is 4.79 Å². The van der Waals surface area contributed by atoms with Crippen molar-refractivity contribution >= 4 is 36.8 Å². The number of sulfone groups is 2. The predicted molar refractivity (Wildman–Crippen MR) is 126 cm³/mol. The first-order valence-corrected chi connectivity index (χ1v) is 13.6. The second kappa shape index (κ2) is 8.91. The van der Waals surface area contributed by atoms with Crippen LogP contribution in [-0.2, 0) is 24.5 Å². The Morgan fingerprint density at radius 1 is 0.688 bits per heavy atom. The third-order valence-corrected chi connectivity index (χ3v) is 8.25. The maximum atomic E-state index is 13.2. The van der Waals surface area contributed by atoms with Crippen molar-refractivity contribution in [3.8, 4) is 0 Å². The normalized spacial score (nSPS) is 22.6. The fourth-order valence-corrected chi connectivity index (χ4v) is 6.57. The minimum absolute atomic E-state index is 0.00105. The molecule has 7 nitrogen and oxygen atoms in total. The lowest BCUT2D eigenvalue weighted by atomic mass is 10.1. The van der Waals surface area contributed by atoms with Gasteiger partial charge >= 0.3 is 0 Å². The third-order valence-electron chi connectivity index (χ3n) is 5.49. The van der Waals surface area contributed by atoms with Crippen LogP contribution in [0.3, 0.4) is 0 Å². The smallest absolute Gasteiger partial charge is 0.173 e. The van der Waals surface area contributed by atoms with Gasteiger partial charge in [0.2, 0.25) is 0 Å². The number of anilines is 2. The van der Waals surface area contributed by atoms with Crippen LogP contribution in [0.15, 0.2) is 83.6 Å². The van der Waals surface area contributed by atoms with Crippen molar-refractivity contribution in [2.24, 2.45) is 0 Å². The van der Waals surface area contributed by atoms with Crippen LogP contribution in [0.4, 0.5) is 11.4 Å². The van der Waals surface area contributed by atoms with Crippen LogP contribution in [0.2, 0.25) is 0 Å². The summed E-state index contributed by atoms with van der Waals surface area (Å²) in [6.45, 7) is 0.00210. The highest BCUT2D eigenvalue weighted by Crippen LogP contribution is 2.25. The summed E-state index contributed by atoms with van der Waals surface area (Å²) < 4.78 is 48.0. The molecule has 0 bridgehead atoms. The van der Waals surface area contributed by atoms with Gasteiger partial charge in [-0.05, 0) is 36.4 Å². The van der Waals surface area contributed by atoms with E-state index in [0.717, 1.165) is 11.4 Å². The molecule has 2 atom stereocenters. The number of ketones is 1. The molecule has 32 heavy (non-hydrogen) atoms. The van der Waals surface area contributed by atoms with E-state index in [4.69, 9.17) is 0 Å². The zero-order valence-corrected chi connectivity index (χ0v) is 19.0. The average Bonchev–Trinajstić information content (AvgIpc) is 3.32. The number of para-hydroxylation sites is 2. The van der Waals surface area contributed by atoms with E-state index < -0.39 is 31.8 Å². The zero-order chi connectivity index (χ0) is 22.8. The van der Waals surface area contributed by atoms with Gasteiger partial charge in [0.25, 0.3) is 0 Å². The number of hydrogen-bond donors (Lipinski definition) is 0. The van der Waals surface area contributed by atoms with E-state index in [1.54, 1.807) is 22.0 Å². The van der Waals surface area contributed by atoms with Crippen LogP contribution in [0.25, 0.3) is 0 Å². The molecule has 0 unspecified atom stereocenters. The summed E-state index contributed by atoms with van der Waals surface area (Å²) in [5.74, 6) is -0.310. The second-order valence-corrected chi connectivity index (χ2v) is 11.8. The number of nitrogens with zero attached hydrogens (tertiary/aromatic N) is 2. The number of rotatable bonds is 8. The summed E-state index contributed by atoms with van der Waals surface area (Å²) in [4.78, 5) is 16.8. The molecule has 9 heteroatoms. The number of Topliss-reactive ketones (excluding diaryl/α,β-unsaturated/α-hetero) is 1. The van der Waals surface area contributed by atoms with Crippen molar-refractivity contribution in [3.05, 3.63) is 83.6 Å². The summed E-state index contributed by atoms with van der Waals surface area (Å²) in [6.07, 6.45) is 3.22. The Kier molecular flexibility index (Phi) is 6.21. The molecule has 0 spiro atoms. The first-order chi connectivity index (χ1) is 15.2. The zero-order valence-electron chi connectivity index (χ0n) is 17.3. The number of hydrogen-bond acceptors (Lipinski definition) is 7. The molecule has 0 N–H and O–H groups in total. The molecule has 2 aliphatic heterocycles. The molecule has 2 aromatic carbocycles. The molecule has 0 aliphatic carbocycles. The van der Waals surface area contributed by atoms with Gasteiger partial charge in [0.05, 0.1) is 36.7 Å². The number of benzene rings is 2. The molecule has 0 saturated heterocycles. The predicted octanol–water partition coefficient (Wildman–Crippen LogP) is 2.19. The molecule has 0 amide bonds. The molecule has 168 valence electrons. The van der Waals surface area contributed by atoms with Crippen LogP contribution in [-0.4, -0.2) is 59.3 Å². The molecule has 2 aliphatic rings. The van der Waals surface area contributed by atoms with Gasteiger partial charge in [0, 0.05) is 22.2 Å². The molecule has 0 fully saturated rings. The van der Waals surface area contributed by atoms with Crippen LogP contribution in [0, 0.1) is 0 Å². The van der Waals surface area contributed by atoms with Crippen molar-refractivity contribution in [1.29, 1.82) is 0 Å². The van der Waals surface area contributed by atoms with Gasteiger partial charge in [-0.25, -0.2) is 16.8 Å². The lowest BCUT2D eigenvalue weighted by Crippen LogP contribution is -2.45. The lowest BCUT2D eigenvalue weighted by Gasteiger charge is -2.32. The van der Waals surface area contributed by atoms with Crippen molar-refractivity contribution in [2.75, 3.05) is 34.4 Å². The molecular weight excluding hydrogens is 448 g/mol. The first-order valence-electron chi connectivity index (χ1n) is 10.2. The van der Waals surface area contributed by atoms with Crippen molar-refractivity contribution < 1.29 is 21.6 Å². The van der Waals surface area contributed by atoms with Crippen LogP contribution in [0.5, 0.6) is 0 Å². The Hall–Kier alpha value is -2.91. The van der Waals surface area contributed by atoms with Gasteiger partial charge in [-0.1, -0.05) is 36.4 Å². The van der Waals surface area contributed by atoms with Gasteiger partial charge in [-0.15, -0.1) is 0 Å². The quantitative estimate of drug-likeness (QED) is 0.582. The maximum Gasteiger partial charge on any atom is 0.173 e. The van der Waals surface area contributed by atoms with Gasteiger partial charge in [0.1, 0.15) is 0 Å². The highest BCUT2D eigenvalue weighted by molar-refractivity contribution is 7.94. The molecule has 0 radical (unpaired) electrons. The summed E-state index contributed by atoms with van der Waals surface area (Å²) in [5.41, 5.74) is 1.50. The Morgan fingerprint density at radius 2 is 1.06 bits per heavy atom. The summed E-state index contributed by atoms with van der Waals surface area (Å²) >= 11 is 0. The van der Waals surface area contributed by atoms with Crippen LogP contribution >= 0.6 is 0 Å². The standard InChI is InChI=1S/C23H24N2O5S2/c26-23(15-24(19-7-3-1-4-8-19)21-11-13-31(27,28)17-21)16-25(20-9-5-2-6-10-20)22-12-14-32(29,30)18-22/h1-14,21-22H,15-18H2/t21-,22+. The Bertz CT molecular complexity index is 1140. The summed E-state index contributed by atoms with van der Waals surface area (Å²) in [5, 5.41) is 2.39. The average molecular weight is 473 g/mol. The van der Waals surface area contributed by atoms with Crippen molar-refractivity contribution in [2.45, 2.75) is 12.1 Å². The van der Waals surface area contributed by atoms with E-state index in [0.29, 0.717) is 0 Å². The first kappa shape index (κ1) is 22.3. The second-order valence-electron chi connectivity index (χ2n) is 7.92. The highest BCUT2D eigenvalue weighted by atomic mass is 32.2. The Labute approximate surface area is 188 Å². The minimum Gasteiger partial charge on any atom is -0.357 e. The van der Waals surface area contributed by atoms with E-state index in [9.17, 15) is 21.6 Å². The fraction of sp³-hybridized carbons (Fsp3) is 0.261. The number of carbonyl (C=O) groups is 1. The topological polar surface area (TPSA) is 91.8 Å². The maximum absolute atomic E-state index is 13.2. The summed E-state index contributed by atoms with van der Waals surface area (Å²) in [7, 11) is -6.59. The fourth-order valence-electron chi connectivity index (χ4n) is 3.98. The van der Waals surface area contributed by atoms with E-state index in [-0.39, 0.29) is 30.4 Å². The molecule has 2 heterocycles. The molecule has 4 rings (SSSR count). The van der Waals surface area contributed by atoms with Gasteiger partial charge in [-0.2, -0.15) is 0 Å². The van der Waals surface area contributed by atoms with E-state index in [1.807, 2.05) is 60.7 Å². The van der Waals surface area contributed by atoms with Crippen LogP contribution < -0.4 is 9.80 Å². The van der Waals surface area contributed by atoms with E-state index in [1.165, 1.54) is 10.8 Å². The molecule has 0 saturated carbocycles. The number of carbonyl (C=O) groups excluding carboxylic acids is 1. The van der Waals surface area contributed by atoms with E-state index >= 15 is 0 Å². The highest BCUT2D eigenvalue weighted by Gasteiger charge is 2.31. The Balaban J connectivity index is 1.57. The monoisotopic (exact) mass is 472 g/mol. The molecular formula is C23H24N2O5S2. The third kappa shape index (κ3) is 5.28. The molecule has 0 aromatic heterocycles. The SMILES string of the molecule is O=C(CN(c1ccccc1)[C@@H]1C=CS(=O)(=O)C1)CN(c1ccccc1)[C@H]1C=CS(=O)(=O)C1.